The number of carbonyl (C=O) groups is 1. The highest BCUT2D eigenvalue weighted by Crippen LogP contribution is 2.25. The number of likely N-dealkylation sites (N-methyl/N-ethyl adjacent to an activating group) is 1. The molecule has 0 amide bonds. The van der Waals surface area contributed by atoms with E-state index in [2.05, 4.69) is 9.62 Å². The number of ether oxygens (including phenoxy) is 2. The normalized spacial score (nSPS) is 12.6. The van der Waals surface area contributed by atoms with Crippen LogP contribution in [0.1, 0.15) is 41.4 Å². The minimum absolute atomic E-state index is 0.138. The van der Waals surface area contributed by atoms with Gasteiger partial charge in [0, 0.05) is 12.6 Å². The Kier molecular flexibility index (Phi) is 8.40. The molecule has 164 valence electrons. The number of esters is 1. The molecule has 0 heterocycles. The Labute approximate surface area is 179 Å². The molecule has 0 aliphatic heterocycles. The van der Waals surface area contributed by atoms with Crippen molar-refractivity contribution in [1.82, 2.24) is 9.62 Å². The first-order valence-corrected chi connectivity index (χ1v) is 11.3. The van der Waals surface area contributed by atoms with Gasteiger partial charge in [-0.25, -0.2) is 17.9 Å². The molecule has 1 unspecified atom stereocenters. The van der Waals surface area contributed by atoms with Crippen LogP contribution in [0.5, 0.6) is 5.75 Å². The SMILES string of the molecule is CCN(CC)C(CNS(=O)(=O)c1ccc(C(=O)OC)cc1C)c1cccc(OC)c1. The van der Waals surface area contributed by atoms with E-state index in [4.69, 9.17) is 9.47 Å². The van der Waals surface area contributed by atoms with Gasteiger partial charge in [0.25, 0.3) is 0 Å². The van der Waals surface area contributed by atoms with Crippen LogP contribution in [-0.4, -0.2) is 53.1 Å². The van der Waals surface area contributed by atoms with Crippen LogP contribution < -0.4 is 9.46 Å². The number of sulfonamides is 1. The van der Waals surface area contributed by atoms with Gasteiger partial charge in [-0.1, -0.05) is 26.0 Å². The quantitative estimate of drug-likeness (QED) is 0.578. The van der Waals surface area contributed by atoms with Crippen LogP contribution >= 0.6 is 0 Å². The third-order valence-electron chi connectivity index (χ3n) is 5.08. The average Bonchev–Trinajstić information content (AvgIpc) is 2.75. The monoisotopic (exact) mass is 434 g/mol. The molecule has 0 fully saturated rings. The number of aryl methyl sites for hydroxylation is 1. The second kappa shape index (κ2) is 10.6. The lowest BCUT2D eigenvalue weighted by Gasteiger charge is -2.30. The van der Waals surface area contributed by atoms with E-state index in [1.54, 1.807) is 14.0 Å². The summed E-state index contributed by atoms with van der Waals surface area (Å²) in [5.74, 6) is 0.219. The topological polar surface area (TPSA) is 84.9 Å². The van der Waals surface area contributed by atoms with Crippen LogP contribution in [0, 0.1) is 6.92 Å². The molecule has 30 heavy (non-hydrogen) atoms. The Bertz CT molecular complexity index is 971. The zero-order chi connectivity index (χ0) is 22.3. The minimum Gasteiger partial charge on any atom is -0.497 e. The van der Waals surface area contributed by atoms with Gasteiger partial charge in [-0.05, 0) is 61.5 Å². The molecule has 2 rings (SSSR count). The lowest BCUT2D eigenvalue weighted by molar-refractivity contribution is 0.0600. The Morgan fingerprint density at radius 2 is 1.80 bits per heavy atom. The van der Waals surface area contributed by atoms with Gasteiger partial charge in [-0.15, -0.1) is 0 Å². The van der Waals surface area contributed by atoms with Gasteiger partial charge in [0.2, 0.25) is 10.0 Å². The van der Waals surface area contributed by atoms with Crippen LogP contribution in [-0.2, 0) is 14.8 Å². The van der Waals surface area contributed by atoms with E-state index < -0.39 is 16.0 Å². The van der Waals surface area contributed by atoms with Crippen molar-refractivity contribution in [1.29, 1.82) is 0 Å². The number of benzene rings is 2. The Hall–Kier alpha value is -2.42. The summed E-state index contributed by atoms with van der Waals surface area (Å²) in [6.07, 6.45) is 0. The molecule has 2 aromatic carbocycles. The average molecular weight is 435 g/mol. The lowest BCUT2D eigenvalue weighted by atomic mass is 10.0. The van der Waals surface area contributed by atoms with Gasteiger partial charge >= 0.3 is 5.97 Å². The highest BCUT2D eigenvalue weighted by molar-refractivity contribution is 7.89. The molecule has 0 aliphatic carbocycles. The fraction of sp³-hybridized carbons (Fsp3) is 0.409. The van der Waals surface area contributed by atoms with Crippen LogP contribution in [0.3, 0.4) is 0 Å². The fourth-order valence-electron chi connectivity index (χ4n) is 3.43. The predicted molar refractivity (Wildman–Crippen MR) is 116 cm³/mol. The zero-order valence-corrected chi connectivity index (χ0v) is 19.0. The van der Waals surface area contributed by atoms with E-state index in [0.717, 1.165) is 24.4 Å². The van der Waals surface area contributed by atoms with Crippen molar-refractivity contribution in [3.8, 4) is 5.75 Å². The van der Waals surface area contributed by atoms with Crippen LogP contribution in [0.2, 0.25) is 0 Å². The van der Waals surface area contributed by atoms with Crippen molar-refractivity contribution >= 4 is 16.0 Å². The number of rotatable bonds is 10. The highest BCUT2D eigenvalue weighted by Gasteiger charge is 2.24. The molecule has 0 spiro atoms. The van der Waals surface area contributed by atoms with Crippen molar-refractivity contribution in [2.45, 2.75) is 31.7 Å². The molecular weight excluding hydrogens is 404 g/mol. The molecule has 8 heteroatoms. The summed E-state index contributed by atoms with van der Waals surface area (Å²) in [7, 11) is -0.875. The molecule has 7 nitrogen and oxygen atoms in total. The molecule has 1 atom stereocenters. The van der Waals surface area contributed by atoms with E-state index in [1.165, 1.54) is 25.3 Å². The molecule has 0 aliphatic rings. The molecule has 0 radical (unpaired) electrons. The maximum Gasteiger partial charge on any atom is 0.337 e. The number of nitrogens with one attached hydrogen (secondary N) is 1. The maximum atomic E-state index is 13.0. The first kappa shape index (κ1) is 23.9. The van der Waals surface area contributed by atoms with Crippen LogP contribution in [0.25, 0.3) is 0 Å². The standard InChI is InChI=1S/C22H30N2O5S/c1-6-24(7-2)20(17-9-8-10-19(14-17)28-4)15-23-30(26,27)21-12-11-18(13-16(21)3)22(25)29-5/h8-14,20,23H,6-7,15H2,1-5H3. The molecule has 0 aromatic heterocycles. The molecule has 1 N–H and O–H groups in total. The number of hydrogen-bond acceptors (Lipinski definition) is 6. The molecule has 2 aromatic rings. The maximum absolute atomic E-state index is 13.0. The zero-order valence-electron chi connectivity index (χ0n) is 18.1. The Balaban J connectivity index is 2.30. The van der Waals surface area contributed by atoms with Crippen LogP contribution in [0.4, 0.5) is 0 Å². The summed E-state index contributed by atoms with van der Waals surface area (Å²) < 4.78 is 38.7. The molecule has 0 saturated carbocycles. The van der Waals surface area contributed by atoms with Crippen molar-refractivity contribution in [3.05, 3.63) is 59.2 Å². The van der Waals surface area contributed by atoms with Gasteiger partial charge in [0.15, 0.2) is 0 Å². The second-order valence-corrected chi connectivity index (χ2v) is 8.57. The number of methoxy groups -OCH3 is 2. The molecule has 0 saturated heterocycles. The predicted octanol–water partition coefficient (Wildman–Crippen LogP) is 3.15. The van der Waals surface area contributed by atoms with Crippen molar-refractivity contribution < 1.29 is 22.7 Å². The van der Waals surface area contributed by atoms with Gasteiger partial charge in [0.05, 0.1) is 24.7 Å². The third kappa shape index (κ3) is 5.59. The van der Waals surface area contributed by atoms with Crippen molar-refractivity contribution in [2.75, 3.05) is 33.9 Å². The first-order chi connectivity index (χ1) is 14.3. The van der Waals surface area contributed by atoms with E-state index >= 15 is 0 Å². The number of hydrogen-bond donors (Lipinski definition) is 1. The summed E-state index contributed by atoms with van der Waals surface area (Å²) in [5, 5.41) is 0. The molecular formula is C22H30N2O5S. The number of nitrogens with zero attached hydrogens (tertiary/aromatic N) is 1. The largest absolute Gasteiger partial charge is 0.497 e. The smallest absolute Gasteiger partial charge is 0.337 e. The van der Waals surface area contributed by atoms with E-state index in [9.17, 15) is 13.2 Å². The lowest BCUT2D eigenvalue weighted by Crippen LogP contribution is -2.38. The Morgan fingerprint density at radius 3 is 2.37 bits per heavy atom. The summed E-state index contributed by atoms with van der Waals surface area (Å²) in [6.45, 7) is 7.49. The second-order valence-electron chi connectivity index (χ2n) is 6.84. The first-order valence-electron chi connectivity index (χ1n) is 9.84. The summed E-state index contributed by atoms with van der Waals surface area (Å²) in [4.78, 5) is 14.0. The van der Waals surface area contributed by atoms with Gasteiger partial charge in [-0.3, -0.25) is 4.90 Å². The summed E-state index contributed by atoms with van der Waals surface area (Å²) in [5.41, 5.74) is 1.76. The van der Waals surface area contributed by atoms with E-state index in [-0.39, 0.29) is 17.5 Å². The van der Waals surface area contributed by atoms with Crippen molar-refractivity contribution in [3.63, 3.8) is 0 Å². The fourth-order valence-corrected chi connectivity index (χ4v) is 4.70. The third-order valence-corrected chi connectivity index (χ3v) is 6.67. The van der Waals surface area contributed by atoms with Gasteiger partial charge in [0.1, 0.15) is 5.75 Å². The van der Waals surface area contributed by atoms with Crippen molar-refractivity contribution in [2.24, 2.45) is 0 Å². The summed E-state index contributed by atoms with van der Waals surface area (Å²) in [6, 6.07) is 11.9. The van der Waals surface area contributed by atoms with Gasteiger partial charge in [-0.2, -0.15) is 0 Å². The Morgan fingerprint density at radius 1 is 1.10 bits per heavy atom. The number of carbonyl (C=O) groups excluding carboxylic acids is 1. The minimum atomic E-state index is -3.77. The molecule has 0 bridgehead atoms. The van der Waals surface area contributed by atoms with Gasteiger partial charge < -0.3 is 9.47 Å². The van der Waals surface area contributed by atoms with Crippen LogP contribution in [0.15, 0.2) is 47.4 Å². The van der Waals surface area contributed by atoms with E-state index in [1.807, 2.05) is 38.1 Å². The highest BCUT2D eigenvalue weighted by atomic mass is 32.2. The van der Waals surface area contributed by atoms with E-state index in [0.29, 0.717) is 11.1 Å². The summed E-state index contributed by atoms with van der Waals surface area (Å²) >= 11 is 0.